The van der Waals surface area contributed by atoms with E-state index in [-0.39, 0.29) is 0 Å². The minimum Gasteiger partial charge on any atom is -0.0622 e. The number of hydrogen-bond donors (Lipinski definition) is 0. The molecular weight excluding hydrogens is 372 g/mol. The molecule has 0 bridgehead atoms. The van der Waals surface area contributed by atoms with Crippen LogP contribution in [0.3, 0.4) is 0 Å². The molecule has 0 fully saturated rings. The zero-order valence-corrected chi connectivity index (χ0v) is 17.3. The molecule has 5 aromatic rings. The van der Waals surface area contributed by atoms with Crippen molar-refractivity contribution in [1.82, 2.24) is 0 Å². The van der Waals surface area contributed by atoms with Crippen LogP contribution in [0.2, 0.25) is 0 Å². The molecule has 0 N–H and O–H groups in total. The molecule has 0 spiro atoms. The highest BCUT2D eigenvalue weighted by Gasteiger charge is 2.36. The number of allylic oxidation sites excluding steroid dienone is 3. The van der Waals surface area contributed by atoms with E-state index in [0.717, 1.165) is 0 Å². The van der Waals surface area contributed by atoms with Crippen molar-refractivity contribution in [3.63, 3.8) is 0 Å². The van der Waals surface area contributed by atoms with E-state index in [1.54, 1.807) is 0 Å². The molecule has 0 heteroatoms. The summed E-state index contributed by atoms with van der Waals surface area (Å²) in [7, 11) is 0. The van der Waals surface area contributed by atoms with E-state index in [0.29, 0.717) is 0 Å². The lowest BCUT2D eigenvalue weighted by Crippen LogP contribution is -1.93. The summed E-state index contributed by atoms with van der Waals surface area (Å²) in [6.45, 7) is 2.31. The average molecular weight is 393 g/mol. The number of benzene rings is 5. The molecule has 5 aromatic carbocycles. The van der Waals surface area contributed by atoms with Gasteiger partial charge in [0, 0.05) is 0 Å². The lowest BCUT2D eigenvalue weighted by Gasteiger charge is -2.14. The third-order valence-corrected chi connectivity index (χ3v) is 6.96. The molecule has 31 heavy (non-hydrogen) atoms. The van der Waals surface area contributed by atoms with E-state index < -0.39 is 0 Å². The normalized spacial score (nSPS) is 14.4. The van der Waals surface area contributed by atoms with E-state index in [1.165, 1.54) is 71.7 Å². The van der Waals surface area contributed by atoms with Gasteiger partial charge in [0.2, 0.25) is 0 Å². The van der Waals surface area contributed by atoms with Crippen LogP contribution in [0.1, 0.15) is 34.7 Å². The van der Waals surface area contributed by atoms with E-state index in [1.807, 2.05) is 0 Å². The molecule has 0 nitrogen and oxygen atoms in total. The SMILES string of the molecule is CC1=C2C(=C(c3ccccc3)c3c2ccc2ccccc32)c2ccc3ccccc3c21. The van der Waals surface area contributed by atoms with Gasteiger partial charge in [0.15, 0.2) is 0 Å². The highest BCUT2D eigenvalue weighted by molar-refractivity contribution is 6.36. The second-order valence-corrected chi connectivity index (χ2v) is 8.53. The lowest BCUT2D eigenvalue weighted by atomic mass is 9.89. The maximum absolute atomic E-state index is 2.33. The van der Waals surface area contributed by atoms with Gasteiger partial charge in [-0.3, -0.25) is 0 Å². The lowest BCUT2D eigenvalue weighted by molar-refractivity contribution is 1.57. The Labute approximate surface area is 181 Å². The molecule has 0 atom stereocenters. The van der Waals surface area contributed by atoms with E-state index >= 15 is 0 Å². The molecule has 0 aliphatic heterocycles. The second kappa shape index (κ2) is 6.06. The maximum Gasteiger partial charge on any atom is -0.00109 e. The molecular formula is C31H20. The smallest absolute Gasteiger partial charge is 0.00109 e. The highest BCUT2D eigenvalue weighted by Crippen LogP contribution is 2.59. The first kappa shape index (κ1) is 16.8. The van der Waals surface area contributed by atoms with Gasteiger partial charge in [-0.2, -0.15) is 0 Å². The molecule has 0 heterocycles. The van der Waals surface area contributed by atoms with Crippen molar-refractivity contribution < 1.29 is 0 Å². The third kappa shape index (κ3) is 2.14. The molecule has 7 rings (SSSR count). The van der Waals surface area contributed by atoms with Crippen LogP contribution in [0.25, 0.3) is 43.8 Å². The van der Waals surface area contributed by atoms with Crippen molar-refractivity contribution in [3.05, 3.63) is 131 Å². The van der Waals surface area contributed by atoms with Crippen LogP contribution in [-0.4, -0.2) is 0 Å². The Kier molecular flexibility index (Phi) is 3.29. The first-order valence-corrected chi connectivity index (χ1v) is 10.9. The predicted octanol–water partition coefficient (Wildman–Crippen LogP) is 8.21. The zero-order chi connectivity index (χ0) is 20.5. The third-order valence-electron chi connectivity index (χ3n) is 6.96. The van der Waals surface area contributed by atoms with Crippen molar-refractivity contribution in [2.24, 2.45) is 0 Å². The quantitative estimate of drug-likeness (QED) is 0.270. The molecule has 0 saturated carbocycles. The van der Waals surface area contributed by atoms with Gasteiger partial charge in [0.1, 0.15) is 0 Å². The summed E-state index contributed by atoms with van der Waals surface area (Å²) in [6, 6.07) is 37.7. The van der Waals surface area contributed by atoms with Crippen molar-refractivity contribution >= 4 is 43.8 Å². The van der Waals surface area contributed by atoms with Crippen molar-refractivity contribution in [2.45, 2.75) is 6.92 Å². The Hall–Kier alpha value is -3.90. The average Bonchev–Trinajstić information content (AvgIpc) is 3.33. The van der Waals surface area contributed by atoms with Gasteiger partial charge in [-0.1, -0.05) is 103 Å². The monoisotopic (exact) mass is 392 g/mol. The Morgan fingerprint density at radius 2 is 0.968 bits per heavy atom. The van der Waals surface area contributed by atoms with Crippen LogP contribution < -0.4 is 0 Å². The summed E-state index contributed by atoms with van der Waals surface area (Å²) in [5.41, 5.74) is 12.4. The molecule has 2 aliphatic carbocycles. The molecule has 2 aliphatic rings. The van der Waals surface area contributed by atoms with Crippen LogP contribution in [0.4, 0.5) is 0 Å². The Morgan fingerprint density at radius 3 is 1.65 bits per heavy atom. The van der Waals surface area contributed by atoms with E-state index in [9.17, 15) is 0 Å². The van der Waals surface area contributed by atoms with Crippen LogP contribution in [-0.2, 0) is 0 Å². The predicted molar refractivity (Wildman–Crippen MR) is 133 cm³/mol. The van der Waals surface area contributed by atoms with Crippen molar-refractivity contribution in [3.8, 4) is 0 Å². The molecule has 0 aromatic heterocycles. The summed E-state index contributed by atoms with van der Waals surface area (Å²) in [5.74, 6) is 0. The number of hydrogen-bond acceptors (Lipinski definition) is 0. The molecule has 0 unspecified atom stereocenters. The molecule has 144 valence electrons. The Morgan fingerprint density at radius 1 is 0.419 bits per heavy atom. The maximum atomic E-state index is 2.33. The Bertz CT molecular complexity index is 1610. The van der Waals surface area contributed by atoms with Gasteiger partial charge in [0.25, 0.3) is 0 Å². The summed E-state index contributed by atoms with van der Waals surface area (Å²) >= 11 is 0. The minimum absolute atomic E-state index is 1.29. The van der Waals surface area contributed by atoms with Gasteiger partial charge < -0.3 is 0 Å². The summed E-state index contributed by atoms with van der Waals surface area (Å²) in [4.78, 5) is 0. The van der Waals surface area contributed by atoms with Crippen LogP contribution in [0, 0.1) is 0 Å². The molecule has 0 saturated heterocycles. The van der Waals surface area contributed by atoms with Crippen LogP contribution >= 0.6 is 0 Å². The topological polar surface area (TPSA) is 0 Å². The first-order valence-electron chi connectivity index (χ1n) is 10.9. The summed E-state index contributed by atoms with van der Waals surface area (Å²) in [6.07, 6.45) is 0. The molecule has 0 radical (unpaired) electrons. The largest absolute Gasteiger partial charge is 0.0622 e. The fraction of sp³-hybridized carbons (Fsp3) is 0.0323. The Balaban J connectivity index is 1.69. The highest BCUT2D eigenvalue weighted by atomic mass is 14.4. The molecule has 0 amide bonds. The summed E-state index contributed by atoms with van der Waals surface area (Å²) in [5, 5.41) is 5.29. The van der Waals surface area contributed by atoms with Gasteiger partial charge in [0.05, 0.1) is 0 Å². The second-order valence-electron chi connectivity index (χ2n) is 8.53. The van der Waals surface area contributed by atoms with Gasteiger partial charge in [-0.05, 0) is 78.6 Å². The number of rotatable bonds is 1. The van der Waals surface area contributed by atoms with E-state index in [2.05, 4.69) is 110 Å². The van der Waals surface area contributed by atoms with E-state index in [4.69, 9.17) is 0 Å². The fourth-order valence-electron chi connectivity index (χ4n) is 5.70. The van der Waals surface area contributed by atoms with Gasteiger partial charge in [-0.25, -0.2) is 0 Å². The standard InChI is InChI=1S/C31H20/c1-19-27-23-13-7-5-9-20(23)15-17-25(27)31-28(19)26-18-16-21-10-6-8-14-24(21)30(26)29(31)22-11-3-2-4-12-22/h2-18H,1H3. The van der Waals surface area contributed by atoms with Crippen LogP contribution in [0.15, 0.2) is 103 Å². The first-order chi connectivity index (χ1) is 15.3. The van der Waals surface area contributed by atoms with Gasteiger partial charge in [-0.15, -0.1) is 0 Å². The fourth-order valence-corrected chi connectivity index (χ4v) is 5.70. The van der Waals surface area contributed by atoms with Gasteiger partial charge >= 0.3 is 0 Å². The van der Waals surface area contributed by atoms with Crippen molar-refractivity contribution in [1.29, 1.82) is 0 Å². The van der Waals surface area contributed by atoms with Crippen LogP contribution in [0.5, 0.6) is 0 Å². The zero-order valence-electron chi connectivity index (χ0n) is 17.3. The number of fused-ring (bicyclic) bond motifs is 9. The minimum atomic E-state index is 1.29. The summed E-state index contributed by atoms with van der Waals surface area (Å²) < 4.78 is 0. The van der Waals surface area contributed by atoms with Crippen molar-refractivity contribution in [2.75, 3.05) is 0 Å².